The Morgan fingerprint density at radius 2 is 1.91 bits per heavy atom. The number of carbonyl (C=O) groups excluding carboxylic acids is 2. The molecule has 1 aliphatic rings. The highest BCUT2D eigenvalue weighted by atomic mass is 35.5. The van der Waals surface area contributed by atoms with Crippen LogP contribution in [0.2, 0.25) is 10.0 Å². The summed E-state index contributed by atoms with van der Waals surface area (Å²) in [5.41, 5.74) is 0.846. The predicted molar refractivity (Wildman–Crippen MR) is 121 cm³/mol. The van der Waals surface area contributed by atoms with E-state index in [1.54, 1.807) is 54.6 Å². The number of aliphatic hydroxyl groups excluding tert-OH is 1. The number of halogens is 2. The number of amides is 1. The van der Waals surface area contributed by atoms with Crippen molar-refractivity contribution in [2.75, 3.05) is 6.61 Å². The third-order valence-electron chi connectivity index (χ3n) is 5.12. The summed E-state index contributed by atoms with van der Waals surface area (Å²) in [5, 5.41) is 11.7. The molecule has 0 saturated carbocycles. The number of likely N-dealkylation sites (tertiary alicyclic amines) is 1. The van der Waals surface area contributed by atoms with Gasteiger partial charge in [0, 0.05) is 5.56 Å². The van der Waals surface area contributed by atoms with Gasteiger partial charge in [-0.2, -0.15) is 0 Å². The van der Waals surface area contributed by atoms with Crippen LogP contribution in [0, 0.1) is 0 Å². The van der Waals surface area contributed by atoms with Crippen molar-refractivity contribution in [1.82, 2.24) is 4.90 Å². The van der Waals surface area contributed by atoms with Gasteiger partial charge >= 0.3 is 0 Å². The molecule has 1 aromatic heterocycles. The molecule has 1 fully saturated rings. The van der Waals surface area contributed by atoms with Crippen LogP contribution >= 0.6 is 23.2 Å². The second-order valence-electron chi connectivity index (χ2n) is 7.14. The van der Waals surface area contributed by atoms with E-state index in [0.29, 0.717) is 34.3 Å². The molecule has 1 aliphatic heterocycles. The monoisotopic (exact) mass is 471 g/mol. The van der Waals surface area contributed by atoms with E-state index >= 15 is 0 Å². The zero-order valence-electron chi connectivity index (χ0n) is 17.0. The second-order valence-corrected chi connectivity index (χ2v) is 7.96. The lowest BCUT2D eigenvalue weighted by Crippen LogP contribution is -2.29. The van der Waals surface area contributed by atoms with Gasteiger partial charge in [-0.1, -0.05) is 41.4 Å². The summed E-state index contributed by atoms with van der Waals surface area (Å²) in [5.74, 6) is -0.822. The molecule has 1 saturated heterocycles. The molecule has 0 aliphatic carbocycles. The maximum atomic E-state index is 13.1. The van der Waals surface area contributed by atoms with Gasteiger partial charge in [-0.3, -0.25) is 9.59 Å². The highest BCUT2D eigenvalue weighted by molar-refractivity contribution is 6.46. The molecule has 164 valence electrons. The van der Waals surface area contributed by atoms with E-state index in [2.05, 4.69) is 0 Å². The maximum absolute atomic E-state index is 13.1. The van der Waals surface area contributed by atoms with Crippen molar-refractivity contribution < 1.29 is 23.8 Å². The number of furan rings is 1. The van der Waals surface area contributed by atoms with Gasteiger partial charge < -0.3 is 19.2 Å². The summed E-state index contributed by atoms with van der Waals surface area (Å²) in [6, 6.07) is 14.1. The number of aliphatic hydroxyl groups is 1. The first-order valence-corrected chi connectivity index (χ1v) is 10.6. The van der Waals surface area contributed by atoms with E-state index < -0.39 is 17.7 Å². The number of nitrogens with zero attached hydrogens (tertiary/aromatic N) is 1. The van der Waals surface area contributed by atoms with Crippen molar-refractivity contribution in [3.8, 4) is 5.75 Å². The first-order valence-electron chi connectivity index (χ1n) is 9.89. The van der Waals surface area contributed by atoms with E-state index in [0.717, 1.165) is 0 Å². The van der Waals surface area contributed by atoms with Crippen LogP contribution in [0.5, 0.6) is 5.75 Å². The molecule has 1 amide bonds. The van der Waals surface area contributed by atoms with Gasteiger partial charge in [-0.05, 0) is 48.9 Å². The Balaban J connectivity index is 1.87. The number of Topliss-reactive ketones (excluding diaryl/α,β-unsaturated/α-hetero) is 1. The molecule has 4 rings (SSSR count). The van der Waals surface area contributed by atoms with Gasteiger partial charge in [-0.25, -0.2) is 0 Å². The molecule has 1 N–H and O–H groups in total. The number of carbonyl (C=O) groups is 2. The molecule has 1 atom stereocenters. The smallest absolute Gasteiger partial charge is 0.296 e. The minimum absolute atomic E-state index is 0.0399. The lowest BCUT2D eigenvalue weighted by molar-refractivity contribution is -0.140. The van der Waals surface area contributed by atoms with Gasteiger partial charge in [0.15, 0.2) is 0 Å². The van der Waals surface area contributed by atoms with E-state index in [9.17, 15) is 14.7 Å². The Kier molecular flexibility index (Phi) is 6.26. The van der Waals surface area contributed by atoms with Crippen LogP contribution in [-0.4, -0.2) is 28.3 Å². The minimum atomic E-state index is -0.884. The molecule has 1 unspecified atom stereocenters. The SMILES string of the molecule is CCOc1cccc(C(O)=C2C(=O)C(=O)N(Cc3ccco3)C2c2ccc(Cl)c(Cl)c2)c1. The summed E-state index contributed by atoms with van der Waals surface area (Å²) in [6.07, 6.45) is 1.49. The molecule has 2 aromatic carbocycles. The van der Waals surface area contributed by atoms with E-state index in [4.69, 9.17) is 32.4 Å². The third-order valence-corrected chi connectivity index (χ3v) is 5.86. The van der Waals surface area contributed by atoms with Gasteiger partial charge in [0.2, 0.25) is 0 Å². The molecule has 32 heavy (non-hydrogen) atoms. The molecular formula is C24H19Cl2NO5. The molecule has 3 aromatic rings. The van der Waals surface area contributed by atoms with E-state index in [1.807, 2.05) is 6.92 Å². The second kappa shape index (κ2) is 9.10. The highest BCUT2D eigenvalue weighted by Gasteiger charge is 2.46. The fourth-order valence-corrected chi connectivity index (χ4v) is 4.00. The Labute approximate surface area is 194 Å². The number of benzene rings is 2. The normalized spacial score (nSPS) is 17.7. The number of ketones is 1. The van der Waals surface area contributed by atoms with Crippen LogP contribution in [0.4, 0.5) is 0 Å². The van der Waals surface area contributed by atoms with Crippen LogP contribution in [0.3, 0.4) is 0 Å². The molecule has 2 heterocycles. The maximum Gasteiger partial charge on any atom is 0.296 e. The fraction of sp³-hybridized carbons (Fsp3) is 0.167. The molecular weight excluding hydrogens is 453 g/mol. The quantitative estimate of drug-likeness (QED) is 0.287. The van der Waals surface area contributed by atoms with Crippen molar-refractivity contribution in [3.63, 3.8) is 0 Å². The molecule has 8 heteroatoms. The third kappa shape index (κ3) is 4.11. The van der Waals surface area contributed by atoms with Crippen molar-refractivity contribution in [3.05, 3.63) is 93.4 Å². The lowest BCUT2D eigenvalue weighted by atomic mass is 9.95. The zero-order valence-corrected chi connectivity index (χ0v) is 18.6. The summed E-state index contributed by atoms with van der Waals surface area (Å²) in [6.45, 7) is 2.33. The molecule has 0 radical (unpaired) electrons. The predicted octanol–water partition coefficient (Wildman–Crippen LogP) is 5.61. The number of hydrogen-bond acceptors (Lipinski definition) is 5. The number of hydrogen-bond donors (Lipinski definition) is 1. The van der Waals surface area contributed by atoms with Crippen LogP contribution < -0.4 is 4.74 Å². The van der Waals surface area contributed by atoms with Gasteiger partial charge in [0.1, 0.15) is 17.3 Å². The number of rotatable bonds is 6. The van der Waals surface area contributed by atoms with Gasteiger partial charge in [0.25, 0.3) is 11.7 Å². The summed E-state index contributed by atoms with van der Waals surface area (Å²) >= 11 is 12.3. The van der Waals surface area contributed by atoms with Crippen LogP contribution in [0.15, 0.2) is 70.9 Å². The largest absolute Gasteiger partial charge is 0.507 e. The summed E-state index contributed by atoms with van der Waals surface area (Å²) in [4.78, 5) is 27.4. The first kappa shape index (κ1) is 22.0. The fourth-order valence-electron chi connectivity index (χ4n) is 3.70. The zero-order chi connectivity index (χ0) is 22.8. The van der Waals surface area contributed by atoms with Gasteiger partial charge in [0.05, 0.1) is 41.1 Å². The Hall–Kier alpha value is -3.22. The molecule has 6 nitrogen and oxygen atoms in total. The molecule has 0 spiro atoms. The Morgan fingerprint density at radius 3 is 2.59 bits per heavy atom. The summed E-state index contributed by atoms with van der Waals surface area (Å²) < 4.78 is 10.9. The van der Waals surface area contributed by atoms with E-state index in [-0.39, 0.29) is 22.9 Å². The van der Waals surface area contributed by atoms with Crippen molar-refractivity contribution in [2.24, 2.45) is 0 Å². The topological polar surface area (TPSA) is 80.0 Å². The Morgan fingerprint density at radius 1 is 1.09 bits per heavy atom. The average molecular weight is 472 g/mol. The van der Waals surface area contributed by atoms with Gasteiger partial charge in [-0.15, -0.1) is 0 Å². The van der Waals surface area contributed by atoms with Crippen LogP contribution in [0.25, 0.3) is 5.76 Å². The van der Waals surface area contributed by atoms with Crippen LogP contribution in [0.1, 0.15) is 29.9 Å². The summed E-state index contributed by atoms with van der Waals surface area (Å²) in [7, 11) is 0. The average Bonchev–Trinajstić information content (AvgIpc) is 3.38. The standard InChI is InChI=1S/C24H19Cl2NO5/c1-2-31-16-6-3-5-15(11-16)22(28)20-21(14-8-9-18(25)19(26)12-14)27(24(30)23(20)29)13-17-7-4-10-32-17/h3-12,21,28H,2,13H2,1H3. The minimum Gasteiger partial charge on any atom is -0.507 e. The number of ether oxygens (including phenoxy) is 1. The van der Waals surface area contributed by atoms with Crippen LogP contribution in [-0.2, 0) is 16.1 Å². The van der Waals surface area contributed by atoms with Crippen molar-refractivity contribution in [1.29, 1.82) is 0 Å². The Bertz CT molecular complexity index is 1200. The van der Waals surface area contributed by atoms with E-state index in [1.165, 1.54) is 11.2 Å². The lowest BCUT2D eigenvalue weighted by Gasteiger charge is -2.24. The first-order chi connectivity index (χ1) is 15.4. The highest BCUT2D eigenvalue weighted by Crippen LogP contribution is 2.42. The molecule has 0 bridgehead atoms. The van der Waals surface area contributed by atoms with Crippen molar-refractivity contribution in [2.45, 2.75) is 19.5 Å². The van der Waals surface area contributed by atoms with Crippen molar-refractivity contribution >= 4 is 40.7 Å².